The van der Waals surface area contributed by atoms with E-state index in [0.29, 0.717) is 10.8 Å². The third-order valence-electron chi connectivity index (χ3n) is 4.50. The number of rotatable bonds is 6. The van der Waals surface area contributed by atoms with Gasteiger partial charge in [-0.05, 0) is 30.2 Å². The van der Waals surface area contributed by atoms with Crippen molar-refractivity contribution in [1.82, 2.24) is 10.4 Å². The average Bonchev–Trinajstić information content (AvgIpc) is 2.96. The van der Waals surface area contributed by atoms with Crippen LogP contribution in [0.3, 0.4) is 0 Å². The van der Waals surface area contributed by atoms with Gasteiger partial charge < -0.3 is 14.9 Å². The lowest BCUT2D eigenvalue weighted by molar-refractivity contribution is -0.172. The molecule has 8 heteroatoms. The molecule has 0 saturated carbocycles. The number of hydroxylamine groups is 2. The number of carbonyl (C=O) groups excluding carboxylic acids is 4. The molecule has 1 aliphatic heterocycles. The second-order valence-corrected chi connectivity index (χ2v) is 6.76. The van der Waals surface area contributed by atoms with Gasteiger partial charge in [-0.1, -0.05) is 43.2 Å². The maximum Gasteiger partial charge on any atom is 0.355 e. The summed E-state index contributed by atoms with van der Waals surface area (Å²) >= 11 is 0. The molecule has 0 aromatic heterocycles. The minimum atomic E-state index is -1.09. The molecule has 3 amide bonds. The van der Waals surface area contributed by atoms with E-state index in [0.717, 1.165) is 0 Å². The lowest BCUT2D eigenvalue weighted by Gasteiger charge is -2.23. The van der Waals surface area contributed by atoms with Gasteiger partial charge in [0.1, 0.15) is 11.8 Å². The number of carbonyl (C=O) groups is 4. The molecule has 8 nitrogen and oxygen atoms in total. The molecule has 150 valence electrons. The van der Waals surface area contributed by atoms with Crippen LogP contribution in [0.4, 0.5) is 0 Å². The number of imide groups is 1. The van der Waals surface area contributed by atoms with E-state index < -0.39 is 29.7 Å². The highest BCUT2D eigenvalue weighted by molar-refractivity contribution is 6.21. The number of hydrogen-bond donors (Lipinski definition) is 1. The van der Waals surface area contributed by atoms with E-state index in [9.17, 15) is 19.2 Å². The maximum atomic E-state index is 12.7. The molecule has 3 rings (SSSR count). The zero-order valence-corrected chi connectivity index (χ0v) is 16.2. The van der Waals surface area contributed by atoms with Gasteiger partial charge in [-0.2, -0.15) is 0 Å². The molecule has 0 radical (unpaired) electrons. The fourth-order valence-corrected chi connectivity index (χ4v) is 2.95. The van der Waals surface area contributed by atoms with Crippen LogP contribution < -0.4 is 10.1 Å². The van der Waals surface area contributed by atoms with Gasteiger partial charge in [0.15, 0.2) is 0 Å². The van der Waals surface area contributed by atoms with Crippen LogP contribution in [-0.4, -0.2) is 41.9 Å². The van der Waals surface area contributed by atoms with Crippen molar-refractivity contribution in [2.45, 2.75) is 19.9 Å². The Hall–Kier alpha value is -3.68. The molecule has 2 aromatic carbocycles. The fraction of sp³-hybridized carbons (Fsp3) is 0.238. The van der Waals surface area contributed by atoms with Crippen LogP contribution in [0.15, 0.2) is 48.5 Å². The lowest BCUT2D eigenvalue weighted by atomic mass is 10.0. The van der Waals surface area contributed by atoms with E-state index >= 15 is 0 Å². The van der Waals surface area contributed by atoms with Crippen molar-refractivity contribution in [3.8, 4) is 5.75 Å². The predicted molar refractivity (Wildman–Crippen MR) is 102 cm³/mol. The topological polar surface area (TPSA) is 102 Å². The van der Waals surface area contributed by atoms with E-state index in [1.54, 1.807) is 50.2 Å². The van der Waals surface area contributed by atoms with Gasteiger partial charge in [0.2, 0.25) is 0 Å². The number of nitrogens with zero attached hydrogens (tertiary/aromatic N) is 1. The van der Waals surface area contributed by atoms with Gasteiger partial charge in [0.05, 0.1) is 23.8 Å². The summed E-state index contributed by atoms with van der Waals surface area (Å²) in [6.45, 7) is 3.41. The van der Waals surface area contributed by atoms with Gasteiger partial charge in [0.25, 0.3) is 17.7 Å². The Balaban J connectivity index is 1.76. The molecule has 1 atom stereocenters. The van der Waals surface area contributed by atoms with E-state index in [-0.39, 0.29) is 22.6 Å². The summed E-state index contributed by atoms with van der Waals surface area (Å²) in [7, 11) is 1.43. The summed E-state index contributed by atoms with van der Waals surface area (Å²) in [5, 5.41) is 3.02. The highest BCUT2D eigenvalue weighted by Crippen LogP contribution is 2.23. The first-order chi connectivity index (χ1) is 13.8. The van der Waals surface area contributed by atoms with Crippen molar-refractivity contribution in [2.75, 3.05) is 7.11 Å². The molecule has 2 aromatic rings. The summed E-state index contributed by atoms with van der Waals surface area (Å²) in [5.41, 5.74) is 0.558. The monoisotopic (exact) mass is 396 g/mol. The second kappa shape index (κ2) is 8.14. The predicted octanol–water partition coefficient (Wildman–Crippen LogP) is 2.20. The summed E-state index contributed by atoms with van der Waals surface area (Å²) in [6, 6.07) is 11.7. The van der Waals surface area contributed by atoms with E-state index in [1.807, 2.05) is 0 Å². The highest BCUT2D eigenvalue weighted by Gasteiger charge is 2.40. The number of fused-ring (bicyclic) bond motifs is 1. The zero-order valence-electron chi connectivity index (χ0n) is 16.2. The molecular formula is C21H20N2O6. The quantitative estimate of drug-likeness (QED) is 0.751. The molecule has 1 heterocycles. The minimum Gasteiger partial charge on any atom is -0.496 e. The Morgan fingerprint density at radius 3 is 2.03 bits per heavy atom. The first-order valence-corrected chi connectivity index (χ1v) is 8.98. The fourth-order valence-electron chi connectivity index (χ4n) is 2.95. The number of ether oxygens (including phenoxy) is 1. The van der Waals surface area contributed by atoms with E-state index in [4.69, 9.17) is 9.57 Å². The van der Waals surface area contributed by atoms with Crippen molar-refractivity contribution >= 4 is 23.7 Å². The van der Waals surface area contributed by atoms with E-state index in [1.165, 1.54) is 19.2 Å². The van der Waals surface area contributed by atoms with Crippen LogP contribution in [0.5, 0.6) is 5.75 Å². The summed E-state index contributed by atoms with van der Waals surface area (Å²) in [6.07, 6.45) is 0. The van der Waals surface area contributed by atoms with Crippen LogP contribution in [0, 0.1) is 5.92 Å². The Morgan fingerprint density at radius 1 is 0.931 bits per heavy atom. The molecule has 0 saturated heterocycles. The molecule has 1 unspecified atom stereocenters. The first kappa shape index (κ1) is 20.1. The minimum absolute atomic E-state index is 0.157. The van der Waals surface area contributed by atoms with Crippen LogP contribution in [0.1, 0.15) is 44.9 Å². The van der Waals surface area contributed by atoms with Gasteiger partial charge in [-0.25, -0.2) is 4.79 Å². The van der Waals surface area contributed by atoms with Crippen molar-refractivity contribution in [1.29, 1.82) is 0 Å². The Kier molecular flexibility index (Phi) is 5.63. The van der Waals surface area contributed by atoms with Gasteiger partial charge >= 0.3 is 5.97 Å². The number of benzene rings is 2. The summed E-state index contributed by atoms with van der Waals surface area (Å²) in [4.78, 5) is 55.2. The molecule has 0 spiro atoms. The standard InChI is InChI=1S/C21H20N2O6/c1-12(2)17(22-18(24)15-10-6-7-11-16(15)28-3)21(27)29-23-19(25)13-8-4-5-9-14(13)20(23)26/h4-12,17H,1-3H3,(H,22,24). The molecule has 29 heavy (non-hydrogen) atoms. The third kappa shape index (κ3) is 3.82. The van der Waals surface area contributed by atoms with Crippen LogP contribution in [0.25, 0.3) is 0 Å². The zero-order chi connectivity index (χ0) is 21.1. The Bertz CT molecular complexity index is 950. The molecular weight excluding hydrogens is 376 g/mol. The third-order valence-corrected chi connectivity index (χ3v) is 4.50. The normalized spacial score (nSPS) is 13.9. The summed E-state index contributed by atoms with van der Waals surface area (Å²) in [5.74, 6) is -2.93. The lowest BCUT2D eigenvalue weighted by Crippen LogP contribution is -2.48. The van der Waals surface area contributed by atoms with E-state index in [2.05, 4.69) is 5.32 Å². The molecule has 0 bridgehead atoms. The molecule has 1 aliphatic rings. The van der Waals surface area contributed by atoms with Crippen LogP contribution in [0.2, 0.25) is 0 Å². The van der Waals surface area contributed by atoms with Crippen molar-refractivity contribution in [3.05, 3.63) is 65.2 Å². The number of hydrogen-bond acceptors (Lipinski definition) is 6. The van der Waals surface area contributed by atoms with Crippen molar-refractivity contribution in [2.24, 2.45) is 5.92 Å². The number of nitrogens with one attached hydrogen (secondary N) is 1. The average molecular weight is 396 g/mol. The van der Waals surface area contributed by atoms with Gasteiger partial charge in [-0.15, -0.1) is 0 Å². The maximum absolute atomic E-state index is 12.7. The van der Waals surface area contributed by atoms with Gasteiger partial charge in [-0.3, -0.25) is 14.4 Å². The number of amides is 3. The molecule has 1 N–H and O–H groups in total. The Labute approximate surface area is 167 Å². The number of methoxy groups -OCH3 is 1. The molecule has 0 aliphatic carbocycles. The second-order valence-electron chi connectivity index (χ2n) is 6.76. The van der Waals surface area contributed by atoms with Crippen molar-refractivity contribution < 1.29 is 28.8 Å². The van der Waals surface area contributed by atoms with Crippen molar-refractivity contribution in [3.63, 3.8) is 0 Å². The van der Waals surface area contributed by atoms with Crippen LogP contribution >= 0.6 is 0 Å². The van der Waals surface area contributed by atoms with Gasteiger partial charge in [0, 0.05) is 0 Å². The SMILES string of the molecule is COc1ccccc1C(=O)NC(C(=O)ON1C(=O)c2ccccc2C1=O)C(C)C. The largest absolute Gasteiger partial charge is 0.496 e. The summed E-state index contributed by atoms with van der Waals surface area (Å²) < 4.78 is 5.17. The van der Waals surface area contributed by atoms with Crippen LogP contribution in [-0.2, 0) is 9.63 Å². The molecule has 0 fully saturated rings. The first-order valence-electron chi connectivity index (χ1n) is 8.98. The highest BCUT2D eigenvalue weighted by atomic mass is 16.7. The number of para-hydroxylation sites is 1. The Morgan fingerprint density at radius 2 is 1.48 bits per heavy atom. The smallest absolute Gasteiger partial charge is 0.355 e.